The maximum absolute atomic E-state index is 12.9. The van der Waals surface area contributed by atoms with E-state index in [0.717, 1.165) is 12.1 Å². The highest BCUT2D eigenvalue weighted by Gasteiger charge is 2.30. The van der Waals surface area contributed by atoms with Gasteiger partial charge in [-0.25, -0.2) is 0 Å². The van der Waals surface area contributed by atoms with Crippen molar-refractivity contribution in [3.63, 3.8) is 0 Å². The molecule has 0 atom stereocenters. The number of tetrazole rings is 1. The number of nitrogens with zero attached hydrogens (tertiary/aromatic N) is 4. The quantitative estimate of drug-likeness (QED) is 0.473. The number of alkyl halides is 3. The molecule has 0 aliphatic rings. The van der Waals surface area contributed by atoms with Crippen LogP contribution in [0.5, 0.6) is 0 Å². The number of amides is 2. The third kappa shape index (κ3) is 5.03. The summed E-state index contributed by atoms with van der Waals surface area (Å²) in [6.45, 7) is 0. The van der Waals surface area contributed by atoms with Crippen molar-refractivity contribution in [1.82, 2.24) is 20.2 Å². The lowest BCUT2D eigenvalue weighted by Crippen LogP contribution is -2.16. The van der Waals surface area contributed by atoms with E-state index in [4.69, 9.17) is 0 Å². The van der Waals surface area contributed by atoms with Gasteiger partial charge in [-0.3, -0.25) is 9.59 Å². The van der Waals surface area contributed by atoms with E-state index in [2.05, 4.69) is 26.2 Å². The smallest absolute Gasteiger partial charge is 0.322 e. The predicted octanol–water partition coefficient (Wildman–Crippen LogP) is 4.19. The number of benzene rings is 3. The minimum absolute atomic E-state index is 0.000340. The molecule has 0 aliphatic heterocycles. The molecular formula is C22H15F3N6O2. The highest BCUT2D eigenvalue weighted by molar-refractivity contribution is 6.08. The lowest BCUT2D eigenvalue weighted by molar-refractivity contribution is -0.137. The molecule has 0 spiro atoms. The van der Waals surface area contributed by atoms with Crippen LogP contribution in [0, 0.1) is 0 Å². The molecule has 0 fully saturated rings. The van der Waals surface area contributed by atoms with Crippen LogP contribution >= 0.6 is 0 Å². The number of carbonyl (C=O) groups is 2. The van der Waals surface area contributed by atoms with Gasteiger partial charge < -0.3 is 10.6 Å². The zero-order valence-corrected chi connectivity index (χ0v) is 16.7. The van der Waals surface area contributed by atoms with Crippen molar-refractivity contribution in [2.75, 3.05) is 10.6 Å². The molecule has 2 N–H and O–H groups in total. The number of aromatic nitrogens is 4. The number of anilines is 2. The van der Waals surface area contributed by atoms with Gasteiger partial charge in [-0.15, -0.1) is 5.10 Å². The fraction of sp³-hybridized carbons (Fsp3) is 0.0455. The second kappa shape index (κ2) is 8.91. The number of hydrogen-bond donors (Lipinski definition) is 2. The standard InChI is InChI=1S/C22H15F3N6O2/c23-22(24,25)15-6-4-8-17(12-15)27-20(32)14-5-3-7-16(11-14)28-21(33)18-9-1-2-10-19(18)31-13-26-29-30-31/h1-13H,(H,27,32)(H,28,33). The SMILES string of the molecule is O=C(Nc1cccc(C(F)(F)F)c1)c1cccc(NC(=O)c2ccccc2-n2cnnn2)c1. The lowest BCUT2D eigenvalue weighted by atomic mass is 10.1. The van der Waals surface area contributed by atoms with E-state index in [1.54, 1.807) is 36.4 Å². The molecule has 0 bridgehead atoms. The number of rotatable bonds is 5. The predicted molar refractivity (Wildman–Crippen MR) is 113 cm³/mol. The maximum Gasteiger partial charge on any atom is 0.416 e. The number of nitrogens with one attached hydrogen (secondary N) is 2. The summed E-state index contributed by atoms with van der Waals surface area (Å²) in [6, 6.07) is 17.0. The van der Waals surface area contributed by atoms with Crippen LogP contribution in [-0.4, -0.2) is 32.0 Å². The van der Waals surface area contributed by atoms with E-state index in [1.165, 1.54) is 35.3 Å². The minimum Gasteiger partial charge on any atom is -0.322 e. The van der Waals surface area contributed by atoms with Gasteiger partial charge in [-0.1, -0.05) is 24.3 Å². The minimum atomic E-state index is -4.52. The lowest BCUT2D eigenvalue weighted by Gasteiger charge is -2.12. The van der Waals surface area contributed by atoms with Crippen LogP contribution in [0.2, 0.25) is 0 Å². The molecule has 11 heteroatoms. The van der Waals surface area contributed by atoms with Crippen LogP contribution in [0.1, 0.15) is 26.3 Å². The zero-order valence-electron chi connectivity index (χ0n) is 16.7. The molecule has 2 amide bonds. The Hall–Kier alpha value is -4.54. The Morgan fingerprint density at radius 2 is 1.52 bits per heavy atom. The van der Waals surface area contributed by atoms with Gasteiger partial charge in [0.2, 0.25) is 0 Å². The number of hydrogen-bond acceptors (Lipinski definition) is 5. The molecule has 1 aromatic heterocycles. The Balaban J connectivity index is 1.51. The van der Waals surface area contributed by atoms with Crippen molar-refractivity contribution in [3.05, 3.63) is 95.8 Å². The maximum atomic E-state index is 12.9. The van der Waals surface area contributed by atoms with Crippen LogP contribution in [-0.2, 0) is 6.18 Å². The van der Waals surface area contributed by atoms with Gasteiger partial charge in [0.05, 0.1) is 16.8 Å². The van der Waals surface area contributed by atoms with Gasteiger partial charge >= 0.3 is 6.18 Å². The summed E-state index contributed by atoms with van der Waals surface area (Å²) in [7, 11) is 0. The summed E-state index contributed by atoms with van der Waals surface area (Å²) in [4.78, 5) is 25.4. The summed E-state index contributed by atoms with van der Waals surface area (Å²) in [5, 5.41) is 16.0. The molecule has 0 unspecified atom stereocenters. The van der Waals surface area contributed by atoms with Crippen molar-refractivity contribution in [2.24, 2.45) is 0 Å². The molecule has 0 saturated carbocycles. The number of carbonyl (C=O) groups excluding carboxylic acids is 2. The van der Waals surface area contributed by atoms with E-state index in [-0.39, 0.29) is 11.3 Å². The van der Waals surface area contributed by atoms with E-state index >= 15 is 0 Å². The van der Waals surface area contributed by atoms with Gasteiger partial charge in [0.25, 0.3) is 11.8 Å². The average molecular weight is 452 g/mol. The Morgan fingerprint density at radius 1 is 0.818 bits per heavy atom. The topological polar surface area (TPSA) is 102 Å². The highest BCUT2D eigenvalue weighted by atomic mass is 19.4. The summed E-state index contributed by atoms with van der Waals surface area (Å²) >= 11 is 0. The van der Waals surface area contributed by atoms with Crippen molar-refractivity contribution in [3.8, 4) is 5.69 Å². The van der Waals surface area contributed by atoms with E-state index < -0.39 is 23.6 Å². The van der Waals surface area contributed by atoms with Crippen LogP contribution < -0.4 is 10.6 Å². The summed E-state index contributed by atoms with van der Waals surface area (Å²) in [5.41, 5.74) is 0.353. The van der Waals surface area contributed by atoms with Crippen molar-refractivity contribution in [2.45, 2.75) is 6.18 Å². The molecule has 0 radical (unpaired) electrons. The number of para-hydroxylation sites is 1. The summed E-state index contributed by atoms with van der Waals surface area (Å²) in [5.74, 6) is -1.09. The molecule has 0 saturated heterocycles. The number of halogens is 3. The molecule has 4 aromatic rings. The molecule has 4 rings (SSSR count). The Labute approximate surface area is 185 Å². The Kier molecular flexibility index (Phi) is 5.85. The highest BCUT2D eigenvalue weighted by Crippen LogP contribution is 2.30. The first-order valence-corrected chi connectivity index (χ1v) is 9.54. The van der Waals surface area contributed by atoms with Crippen LogP contribution in [0.15, 0.2) is 79.1 Å². The van der Waals surface area contributed by atoms with Crippen molar-refractivity contribution >= 4 is 23.2 Å². The molecule has 1 heterocycles. The molecular weight excluding hydrogens is 437 g/mol. The second-order valence-electron chi connectivity index (χ2n) is 6.84. The van der Waals surface area contributed by atoms with Crippen LogP contribution in [0.3, 0.4) is 0 Å². The third-order valence-corrected chi connectivity index (χ3v) is 4.57. The van der Waals surface area contributed by atoms with Crippen molar-refractivity contribution in [1.29, 1.82) is 0 Å². The molecule has 3 aromatic carbocycles. The van der Waals surface area contributed by atoms with Crippen LogP contribution in [0.25, 0.3) is 5.69 Å². The molecule has 166 valence electrons. The first kappa shape index (κ1) is 21.7. The molecule has 0 aliphatic carbocycles. The largest absolute Gasteiger partial charge is 0.416 e. The molecule has 33 heavy (non-hydrogen) atoms. The monoisotopic (exact) mass is 452 g/mol. The average Bonchev–Trinajstić information content (AvgIpc) is 3.34. The Morgan fingerprint density at radius 3 is 2.24 bits per heavy atom. The zero-order chi connectivity index (χ0) is 23.4. The Bertz CT molecular complexity index is 1310. The van der Waals surface area contributed by atoms with Gasteiger partial charge in [0.1, 0.15) is 6.33 Å². The van der Waals surface area contributed by atoms with Gasteiger partial charge in [-0.05, 0) is 59.0 Å². The first-order chi connectivity index (χ1) is 15.8. The summed E-state index contributed by atoms with van der Waals surface area (Å²) < 4.78 is 40.0. The normalized spacial score (nSPS) is 11.1. The van der Waals surface area contributed by atoms with Crippen LogP contribution in [0.4, 0.5) is 24.5 Å². The fourth-order valence-corrected chi connectivity index (χ4v) is 3.05. The van der Waals surface area contributed by atoms with Gasteiger partial charge in [0, 0.05) is 16.9 Å². The van der Waals surface area contributed by atoms with Crippen molar-refractivity contribution < 1.29 is 22.8 Å². The fourth-order valence-electron chi connectivity index (χ4n) is 3.05. The van der Waals surface area contributed by atoms with E-state index in [0.29, 0.717) is 16.9 Å². The first-order valence-electron chi connectivity index (χ1n) is 9.54. The molecule has 8 nitrogen and oxygen atoms in total. The summed E-state index contributed by atoms with van der Waals surface area (Å²) in [6.07, 6.45) is -3.17. The van der Waals surface area contributed by atoms with Gasteiger partial charge in [0.15, 0.2) is 0 Å². The third-order valence-electron chi connectivity index (χ3n) is 4.57. The second-order valence-corrected chi connectivity index (χ2v) is 6.84. The van der Waals surface area contributed by atoms with E-state index in [1.807, 2.05) is 0 Å². The van der Waals surface area contributed by atoms with Gasteiger partial charge in [-0.2, -0.15) is 17.9 Å². The van der Waals surface area contributed by atoms with E-state index in [9.17, 15) is 22.8 Å².